The number of aromatic hydroxyl groups is 3. The van der Waals surface area contributed by atoms with E-state index in [2.05, 4.69) is 0 Å². The van der Waals surface area contributed by atoms with Crippen LogP contribution in [0.1, 0.15) is 19.3 Å². The molecule has 186 valence electrons. The molecule has 1 saturated carbocycles. The van der Waals surface area contributed by atoms with Crippen LogP contribution >= 0.6 is 0 Å². The standard InChI is InChI=1S/C27H24O9/c28-19-1-7-22(8-2-19)34-25(31)16-13-17(26(32)35-23-9-3-20(29)4-10-23)15-18(14-16)27(33)36-24-11-5-21(30)6-12-24/h1-12,16-18,28-30H,13-15H2. The number of carbonyl (C=O) groups excluding carboxylic acids is 3. The maximum Gasteiger partial charge on any atom is 0.314 e. The second kappa shape index (κ2) is 10.8. The summed E-state index contributed by atoms with van der Waals surface area (Å²) in [5.41, 5.74) is 0. The molecule has 3 N–H and O–H groups in total. The van der Waals surface area contributed by atoms with E-state index < -0.39 is 35.7 Å². The molecular formula is C27H24O9. The Labute approximate surface area is 206 Å². The molecule has 0 saturated heterocycles. The summed E-state index contributed by atoms with van der Waals surface area (Å²) in [7, 11) is 0. The van der Waals surface area contributed by atoms with E-state index in [1.807, 2.05) is 0 Å². The van der Waals surface area contributed by atoms with Crippen molar-refractivity contribution in [1.29, 1.82) is 0 Å². The van der Waals surface area contributed by atoms with Crippen LogP contribution in [0.15, 0.2) is 72.8 Å². The number of phenols is 3. The Kier molecular flexibility index (Phi) is 7.39. The van der Waals surface area contributed by atoms with Crippen molar-refractivity contribution in [3.05, 3.63) is 72.8 Å². The van der Waals surface area contributed by atoms with Crippen molar-refractivity contribution in [3.63, 3.8) is 0 Å². The van der Waals surface area contributed by atoms with Gasteiger partial charge in [-0.3, -0.25) is 14.4 Å². The van der Waals surface area contributed by atoms with Gasteiger partial charge in [0, 0.05) is 0 Å². The third kappa shape index (κ3) is 6.32. The van der Waals surface area contributed by atoms with Crippen LogP contribution in [0.3, 0.4) is 0 Å². The van der Waals surface area contributed by atoms with E-state index in [-0.39, 0.29) is 53.8 Å². The quantitative estimate of drug-likeness (QED) is 0.345. The number of carbonyl (C=O) groups is 3. The molecule has 0 spiro atoms. The molecule has 0 aromatic heterocycles. The van der Waals surface area contributed by atoms with Gasteiger partial charge in [-0.05, 0) is 92.1 Å². The smallest absolute Gasteiger partial charge is 0.314 e. The van der Waals surface area contributed by atoms with E-state index in [1.54, 1.807) is 0 Å². The van der Waals surface area contributed by atoms with Gasteiger partial charge in [0.25, 0.3) is 0 Å². The van der Waals surface area contributed by atoms with E-state index in [1.165, 1.54) is 72.8 Å². The molecule has 4 rings (SSSR count). The third-order valence-corrected chi connectivity index (χ3v) is 5.87. The van der Waals surface area contributed by atoms with Crippen molar-refractivity contribution in [2.75, 3.05) is 0 Å². The fraction of sp³-hybridized carbons (Fsp3) is 0.222. The zero-order valence-corrected chi connectivity index (χ0v) is 19.1. The summed E-state index contributed by atoms with van der Waals surface area (Å²) >= 11 is 0. The maximum atomic E-state index is 12.9. The predicted octanol–water partition coefficient (Wildman–Crippen LogP) is 3.95. The van der Waals surface area contributed by atoms with Gasteiger partial charge in [-0.25, -0.2) is 0 Å². The second-order valence-electron chi connectivity index (χ2n) is 8.54. The lowest BCUT2D eigenvalue weighted by Gasteiger charge is -2.31. The van der Waals surface area contributed by atoms with Crippen LogP contribution in [0, 0.1) is 17.8 Å². The Bertz CT molecular complexity index is 1060. The summed E-state index contributed by atoms with van der Waals surface area (Å²) in [6.45, 7) is 0. The first-order valence-corrected chi connectivity index (χ1v) is 11.3. The highest BCUT2D eigenvalue weighted by Gasteiger charge is 2.41. The van der Waals surface area contributed by atoms with Crippen molar-refractivity contribution in [2.45, 2.75) is 19.3 Å². The highest BCUT2D eigenvalue weighted by molar-refractivity contribution is 5.82. The Morgan fingerprint density at radius 2 is 0.694 bits per heavy atom. The first-order valence-electron chi connectivity index (χ1n) is 11.3. The molecule has 36 heavy (non-hydrogen) atoms. The predicted molar refractivity (Wildman–Crippen MR) is 126 cm³/mol. The molecule has 9 heteroatoms. The van der Waals surface area contributed by atoms with Gasteiger partial charge >= 0.3 is 17.9 Å². The van der Waals surface area contributed by atoms with Gasteiger partial charge in [0.15, 0.2) is 0 Å². The van der Waals surface area contributed by atoms with Crippen LogP contribution in [0.4, 0.5) is 0 Å². The lowest BCUT2D eigenvalue weighted by atomic mass is 9.75. The van der Waals surface area contributed by atoms with Gasteiger partial charge in [-0.2, -0.15) is 0 Å². The molecule has 3 aromatic rings. The molecule has 0 amide bonds. The van der Waals surface area contributed by atoms with Crippen molar-refractivity contribution >= 4 is 17.9 Å². The molecule has 9 nitrogen and oxygen atoms in total. The van der Waals surface area contributed by atoms with Gasteiger partial charge in [0.05, 0.1) is 17.8 Å². The minimum absolute atomic E-state index is 0.0153. The lowest BCUT2D eigenvalue weighted by Crippen LogP contribution is -2.39. The zero-order chi connectivity index (χ0) is 25.7. The number of benzene rings is 3. The van der Waals surface area contributed by atoms with E-state index in [9.17, 15) is 29.7 Å². The minimum atomic E-state index is -0.790. The van der Waals surface area contributed by atoms with E-state index >= 15 is 0 Å². The maximum absolute atomic E-state index is 12.9. The highest BCUT2D eigenvalue weighted by Crippen LogP contribution is 2.37. The summed E-state index contributed by atoms with van der Waals surface area (Å²) in [5.74, 6) is -3.53. The molecule has 0 radical (unpaired) electrons. The van der Waals surface area contributed by atoms with Crippen LogP contribution in [-0.2, 0) is 14.4 Å². The molecule has 1 aliphatic rings. The van der Waals surface area contributed by atoms with Crippen LogP contribution in [0.25, 0.3) is 0 Å². The number of ether oxygens (including phenoxy) is 3. The first kappa shape index (κ1) is 24.6. The van der Waals surface area contributed by atoms with Crippen molar-refractivity contribution in [3.8, 4) is 34.5 Å². The summed E-state index contributed by atoms with van der Waals surface area (Å²) in [5, 5.41) is 28.3. The van der Waals surface area contributed by atoms with E-state index in [4.69, 9.17) is 14.2 Å². The Hall–Kier alpha value is -4.53. The lowest BCUT2D eigenvalue weighted by molar-refractivity contribution is -0.150. The molecule has 3 aromatic carbocycles. The minimum Gasteiger partial charge on any atom is -0.508 e. The summed E-state index contributed by atoms with van der Waals surface area (Å²) < 4.78 is 16.3. The third-order valence-electron chi connectivity index (χ3n) is 5.87. The monoisotopic (exact) mass is 492 g/mol. The van der Waals surface area contributed by atoms with Gasteiger partial charge in [0.1, 0.15) is 34.5 Å². The van der Waals surface area contributed by atoms with Crippen molar-refractivity contribution in [2.24, 2.45) is 17.8 Å². The summed E-state index contributed by atoms with van der Waals surface area (Å²) in [4.78, 5) is 38.8. The molecule has 0 atom stereocenters. The van der Waals surface area contributed by atoms with Gasteiger partial charge in [0.2, 0.25) is 0 Å². The summed E-state index contributed by atoms with van der Waals surface area (Å²) in [6.07, 6.45) is 0.324. The molecular weight excluding hydrogens is 468 g/mol. The van der Waals surface area contributed by atoms with Crippen LogP contribution in [0.5, 0.6) is 34.5 Å². The fourth-order valence-electron chi connectivity index (χ4n) is 4.04. The molecule has 0 bridgehead atoms. The molecule has 0 aliphatic heterocycles. The zero-order valence-electron chi connectivity index (χ0n) is 19.1. The molecule has 0 heterocycles. The fourth-order valence-corrected chi connectivity index (χ4v) is 4.04. The Morgan fingerprint density at radius 1 is 0.472 bits per heavy atom. The average molecular weight is 492 g/mol. The number of phenolic OH excluding ortho intramolecular Hbond substituents is 3. The highest BCUT2D eigenvalue weighted by atomic mass is 16.5. The van der Waals surface area contributed by atoms with Crippen molar-refractivity contribution in [1.82, 2.24) is 0 Å². The number of hydrogen-bond donors (Lipinski definition) is 3. The number of esters is 3. The van der Waals surface area contributed by atoms with E-state index in [0.29, 0.717) is 0 Å². The van der Waals surface area contributed by atoms with E-state index in [0.717, 1.165) is 0 Å². The second-order valence-corrected chi connectivity index (χ2v) is 8.54. The summed E-state index contributed by atoms with van der Waals surface area (Å²) in [6, 6.07) is 16.8. The van der Waals surface area contributed by atoms with Crippen LogP contribution in [0.2, 0.25) is 0 Å². The Balaban J connectivity index is 1.50. The SMILES string of the molecule is O=C(Oc1ccc(O)cc1)C1CC(C(=O)Oc2ccc(O)cc2)CC(C(=O)Oc2ccc(O)cc2)C1. The van der Waals surface area contributed by atoms with Gasteiger partial charge in [-0.15, -0.1) is 0 Å². The van der Waals surface area contributed by atoms with Gasteiger partial charge in [-0.1, -0.05) is 0 Å². The van der Waals surface area contributed by atoms with Crippen molar-refractivity contribution < 1.29 is 43.9 Å². The Morgan fingerprint density at radius 3 is 0.917 bits per heavy atom. The molecule has 0 unspecified atom stereocenters. The molecule has 1 aliphatic carbocycles. The topological polar surface area (TPSA) is 140 Å². The normalized spacial score (nSPS) is 19.2. The molecule has 1 fully saturated rings. The number of rotatable bonds is 6. The van der Waals surface area contributed by atoms with Crippen LogP contribution in [-0.4, -0.2) is 33.2 Å². The van der Waals surface area contributed by atoms with Crippen LogP contribution < -0.4 is 14.2 Å². The first-order chi connectivity index (χ1) is 17.3. The van der Waals surface area contributed by atoms with Gasteiger partial charge < -0.3 is 29.5 Å². The largest absolute Gasteiger partial charge is 0.508 e. The average Bonchev–Trinajstić information content (AvgIpc) is 2.87. The number of hydrogen-bond acceptors (Lipinski definition) is 9.